The normalized spacial score (nSPS) is 25.6. The van der Waals surface area contributed by atoms with Gasteiger partial charge >= 0.3 is 0 Å². The predicted octanol–water partition coefficient (Wildman–Crippen LogP) is 2.99. The number of carbonyl (C=O) groups is 1. The van der Waals surface area contributed by atoms with Crippen LogP contribution in [0.4, 0.5) is 10.1 Å². The molecule has 3 N–H and O–H groups in total. The van der Waals surface area contributed by atoms with Gasteiger partial charge in [-0.3, -0.25) is 4.79 Å². The Morgan fingerprint density at radius 3 is 2.90 bits per heavy atom. The Balaban J connectivity index is 2.21. The number of hydrogen-bond acceptors (Lipinski definition) is 3. The molecule has 2 rings (SSSR count). The van der Waals surface area contributed by atoms with Gasteiger partial charge in [0.15, 0.2) is 0 Å². The Labute approximate surface area is 124 Å². The molecule has 1 saturated heterocycles. The van der Waals surface area contributed by atoms with Gasteiger partial charge in [-0.05, 0) is 45.2 Å². The minimum atomic E-state index is -0.623. The summed E-state index contributed by atoms with van der Waals surface area (Å²) < 4.78 is 19.7. The summed E-state index contributed by atoms with van der Waals surface area (Å²) in [7, 11) is 0. The van der Waals surface area contributed by atoms with Crippen molar-refractivity contribution in [2.24, 2.45) is 5.73 Å². The van der Waals surface area contributed by atoms with E-state index in [0.717, 1.165) is 19.3 Å². The zero-order valence-corrected chi connectivity index (χ0v) is 12.8. The van der Waals surface area contributed by atoms with E-state index in [0.29, 0.717) is 17.9 Å². The number of amides is 1. The van der Waals surface area contributed by atoms with Crippen LogP contribution in [-0.4, -0.2) is 24.2 Å². The summed E-state index contributed by atoms with van der Waals surface area (Å²) in [6, 6.07) is 3.01. The van der Waals surface area contributed by atoms with Crippen LogP contribution in [0.5, 0.6) is 0 Å². The average molecular weight is 294 g/mol. The van der Waals surface area contributed by atoms with Crippen LogP contribution in [0.2, 0.25) is 0 Å². The Morgan fingerprint density at radius 1 is 1.57 bits per heavy atom. The van der Waals surface area contributed by atoms with E-state index >= 15 is 0 Å². The SMILES string of the molecule is CCC1(C)CC(Nc2cc(C(N)=O)cc(F)c2C)CCO1. The first-order chi connectivity index (χ1) is 9.84. The highest BCUT2D eigenvalue weighted by Crippen LogP contribution is 2.31. The van der Waals surface area contributed by atoms with E-state index in [1.54, 1.807) is 13.0 Å². The third-order valence-corrected chi connectivity index (χ3v) is 4.33. The summed E-state index contributed by atoms with van der Waals surface area (Å²) in [5.41, 5.74) is 6.42. The molecule has 0 spiro atoms. The second-order valence-corrected chi connectivity index (χ2v) is 5.98. The number of primary amides is 1. The monoisotopic (exact) mass is 294 g/mol. The van der Waals surface area contributed by atoms with Crippen molar-refractivity contribution in [3.63, 3.8) is 0 Å². The van der Waals surface area contributed by atoms with Crippen molar-refractivity contribution in [3.05, 3.63) is 29.1 Å². The minimum absolute atomic E-state index is 0.149. The molecular weight excluding hydrogens is 271 g/mol. The molecule has 0 radical (unpaired) electrons. The van der Waals surface area contributed by atoms with Gasteiger partial charge in [0.2, 0.25) is 5.91 Å². The van der Waals surface area contributed by atoms with Crippen molar-refractivity contribution in [2.45, 2.75) is 51.7 Å². The molecule has 1 aliphatic heterocycles. The lowest BCUT2D eigenvalue weighted by Crippen LogP contribution is -2.42. The maximum Gasteiger partial charge on any atom is 0.248 e. The minimum Gasteiger partial charge on any atom is -0.382 e. The highest BCUT2D eigenvalue weighted by Gasteiger charge is 2.31. The topological polar surface area (TPSA) is 64.3 Å². The number of benzene rings is 1. The summed E-state index contributed by atoms with van der Waals surface area (Å²) in [6.07, 6.45) is 2.64. The van der Waals surface area contributed by atoms with Crippen LogP contribution < -0.4 is 11.1 Å². The Hall–Kier alpha value is -1.62. The third-order valence-electron chi connectivity index (χ3n) is 4.33. The zero-order chi connectivity index (χ0) is 15.6. The molecular formula is C16H23FN2O2. The van der Waals surface area contributed by atoms with Crippen molar-refractivity contribution < 1.29 is 13.9 Å². The van der Waals surface area contributed by atoms with E-state index in [4.69, 9.17) is 10.5 Å². The van der Waals surface area contributed by atoms with Gasteiger partial charge in [-0.25, -0.2) is 4.39 Å². The van der Waals surface area contributed by atoms with Crippen molar-refractivity contribution in [3.8, 4) is 0 Å². The number of ether oxygens (including phenoxy) is 1. The number of rotatable bonds is 4. The summed E-state index contributed by atoms with van der Waals surface area (Å²) >= 11 is 0. The van der Waals surface area contributed by atoms with Gasteiger partial charge < -0.3 is 15.8 Å². The summed E-state index contributed by atoms with van der Waals surface area (Å²) in [5.74, 6) is -1.04. The quantitative estimate of drug-likeness (QED) is 0.897. The number of anilines is 1. The number of carbonyl (C=O) groups excluding carboxylic acids is 1. The first-order valence-electron chi connectivity index (χ1n) is 7.35. The lowest BCUT2D eigenvalue weighted by atomic mass is 9.89. The number of nitrogens with one attached hydrogen (secondary N) is 1. The van der Waals surface area contributed by atoms with Crippen LogP contribution in [0.25, 0.3) is 0 Å². The second-order valence-electron chi connectivity index (χ2n) is 5.98. The fourth-order valence-electron chi connectivity index (χ4n) is 2.69. The Kier molecular flexibility index (Phi) is 4.52. The van der Waals surface area contributed by atoms with E-state index in [2.05, 4.69) is 19.2 Å². The van der Waals surface area contributed by atoms with E-state index in [1.807, 2.05) is 0 Å². The maximum atomic E-state index is 13.9. The van der Waals surface area contributed by atoms with Gasteiger partial charge in [0.25, 0.3) is 0 Å². The molecule has 0 aromatic heterocycles. The standard InChI is InChI=1S/C16H23FN2O2/c1-4-16(3)9-12(5-6-21-16)19-14-8-11(15(18)20)7-13(17)10(14)2/h7-8,12,19H,4-6,9H2,1-3H3,(H2,18,20). The zero-order valence-electron chi connectivity index (χ0n) is 12.8. The van der Waals surface area contributed by atoms with Crippen LogP contribution in [0.1, 0.15) is 49.0 Å². The number of nitrogens with two attached hydrogens (primary N) is 1. The smallest absolute Gasteiger partial charge is 0.248 e. The van der Waals surface area contributed by atoms with Crippen LogP contribution in [0.3, 0.4) is 0 Å². The van der Waals surface area contributed by atoms with Gasteiger partial charge in [-0.1, -0.05) is 6.92 Å². The number of halogens is 1. The first kappa shape index (κ1) is 15.8. The Morgan fingerprint density at radius 2 is 2.29 bits per heavy atom. The van der Waals surface area contributed by atoms with Crippen molar-refractivity contribution in [1.82, 2.24) is 0 Å². The van der Waals surface area contributed by atoms with Gasteiger partial charge in [0.05, 0.1) is 5.60 Å². The van der Waals surface area contributed by atoms with Crippen LogP contribution in [0, 0.1) is 12.7 Å². The third kappa shape index (κ3) is 3.53. The van der Waals surface area contributed by atoms with Gasteiger partial charge in [0.1, 0.15) is 5.82 Å². The largest absolute Gasteiger partial charge is 0.382 e. The highest BCUT2D eigenvalue weighted by atomic mass is 19.1. The Bertz CT molecular complexity index is 547. The first-order valence-corrected chi connectivity index (χ1v) is 7.35. The molecule has 21 heavy (non-hydrogen) atoms. The molecule has 2 unspecified atom stereocenters. The van der Waals surface area contributed by atoms with Gasteiger partial charge in [-0.15, -0.1) is 0 Å². The highest BCUT2D eigenvalue weighted by molar-refractivity contribution is 5.94. The second kappa shape index (κ2) is 6.02. The number of hydrogen-bond donors (Lipinski definition) is 2. The van der Waals surface area contributed by atoms with E-state index in [9.17, 15) is 9.18 Å². The van der Waals surface area contributed by atoms with Crippen LogP contribution in [0.15, 0.2) is 12.1 Å². The average Bonchev–Trinajstić information content (AvgIpc) is 2.43. The molecule has 1 heterocycles. The fraction of sp³-hybridized carbons (Fsp3) is 0.562. The molecule has 1 amide bonds. The predicted molar refractivity (Wildman–Crippen MR) is 80.9 cm³/mol. The molecule has 1 fully saturated rings. The maximum absolute atomic E-state index is 13.9. The molecule has 0 bridgehead atoms. The lowest BCUT2D eigenvalue weighted by molar-refractivity contribution is -0.0708. The molecule has 0 aliphatic carbocycles. The molecule has 5 heteroatoms. The molecule has 116 valence electrons. The summed E-state index contributed by atoms with van der Waals surface area (Å²) in [4.78, 5) is 11.3. The fourth-order valence-corrected chi connectivity index (χ4v) is 2.69. The summed E-state index contributed by atoms with van der Waals surface area (Å²) in [6.45, 7) is 6.56. The molecule has 2 atom stereocenters. The molecule has 1 aromatic carbocycles. The van der Waals surface area contributed by atoms with E-state index in [1.165, 1.54) is 6.07 Å². The molecule has 4 nitrogen and oxygen atoms in total. The van der Waals surface area contributed by atoms with Crippen molar-refractivity contribution >= 4 is 11.6 Å². The van der Waals surface area contributed by atoms with E-state index in [-0.39, 0.29) is 17.2 Å². The van der Waals surface area contributed by atoms with Crippen molar-refractivity contribution in [2.75, 3.05) is 11.9 Å². The van der Waals surface area contributed by atoms with Gasteiger partial charge in [-0.2, -0.15) is 0 Å². The molecule has 1 aliphatic rings. The molecule has 1 aromatic rings. The van der Waals surface area contributed by atoms with Crippen LogP contribution in [-0.2, 0) is 4.74 Å². The van der Waals surface area contributed by atoms with Gasteiger partial charge in [0, 0.05) is 29.5 Å². The molecule has 0 saturated carbocycles. The van der Waals surface area contributed by atoms with E-state index < -0.39 is 11.7 Å². The van der Waals surface area contributed by atoms with Crippen LogP contribution >= 0.6 is 0 Å². The van der Waals surface area contributed by atoms with Crippen molar-refractivity contribution in [1.29, 1.82) is 0 Å². The lowest BCUT2D eigenvalue weighted by Gasteiger charge is -2.38. The summed E-state index contributed by atoms with van der Waals surface area (Å²) in [5, 5.41) is 3.35.